The van der Waals surface area contributed by atoms with Crippen molar-refractivity contribution >= 4 is 12.0 Å². The van der Waals surface area contributed by atoms with Crippen LogP contribution in [0.2, 0.25) is 0 Å². The molecule has 0 N–H and O–H groups in total. The van der Waals surface area contributed by atoms with Crippen molar-refractivity contribution in [2.45, 2.75) is 13.3 Å². The van der Waals surface area contributed by atoms with Crippen LogP contribution in [0.15, 0.2) is 28.9 Å². The molecule has 0 unspecified atom stereocenters. The number of carbonyl (C=O) groups excluding carboxylic acids is 1. The van der Waals surface area contributed by atoms with Crippen LogP contribution in [0.25, 0.3) is 0 Å². The average Bonchev–Trinajstić information content (AvgIpc) is 2.12. The number of carbonyl (C=O) groups is 1. The summed E-state index contributed by atoms with van der Waals surface area (Å²) in [7, 11) is 0. The molecule has 0 spiro atoms. The van der Waals surface area contributed by atoms with Crippen LogP contribution in [-0.2, 0) is 4.79 Å². The first-order chi connectivity index (χ1) is 4.80. The monoisotopic (exact) mass is 135 g/mol. The van der Waals surface area contributed by atoms with Crippen LogP contribution >= 0.6 is 0 Å². The third-order valence-corrected chi connectivity index (χ3v) is 1.22. The first kappa shape index (κ1) is 6.93. The van der Waals surface area contributed by atoms with Gasteiger partial charge in [0.15, 0.2) is 5.78 Å². The molecule has 0 fully saturated rings. The standard InChI is InChI=1S/C8H9NO/c1-7(10)8-5-3-2-4-6-9-8/h2-3,5-6H,4H2,1H3. The molecule has 2 nitrogen and oxygen atoms in total. The molecule has 1 aliphatic rings. The van der Waals surface area contributed by atoms with Gasteiger partial charge in [0.2, 0.25) is 0 Å². The van der Waals surface area contributed by atoms with Crippen molar-refractivity contribution in [1.82, 2.24) is 0 Å². The second kappa shape index (κ2) is 3.11. The minimum atomic E-state index is 0.0165. The minimum absolute atomic E-state index is 0.0165. The summed E-state index contributed by atoms with van der Waals surface area (Å²) in [5.74, 6) is 0.0165. The molecular formula is C8H9NO. The Labute approximate surface area is 60.0 Å². The highest BCUT2D eigenvalue weighted by Gasteiger charge is 1.98. The van der Waals surface area contributed by atoms with Gasteiger partial charge in [-0.2, -0.15) is 0 Å². The summed E-state index contributed by atoms with van der Waals surface area (Å²) in [5.41, 5.74) is 0.536. The lowest BCUT2D eigenvalue weighted by Crippen LogP contribution is -1.91. The Kier molecular flexibility index (Phi) is 2.15. The maximum Gasteiger partial charge on any atom is 0.178 e. The van der Waals surface area contributed by atoms with Crippen molar-refractivity contribution in [2.24, 2.45) is 4.99 Å². The first-order valence-electron chi connectivity index (χ1n) is 3.21. The number of nitrogens with zero attached hydrogens (tertiary/aromatic N) is 1. The molecule has 1 rings (SSSR count). The number of hydrogen-bond acceptors (Lipinski definition) is 2. The van der Waals surface area contributed by atoms with Crippen LogP contribution in [0.3, 0.4) is 0 Å². The lowest BCUT2D eigenvalue weighted by atomic mass is 10.3. The fourth-order valence-electron chi connectivity index (χ4n) is 0.701. The summed E-state index contributed by atoms with van der Waals surface area (Å²) in [6, 6.07) is 0. The van der Waals surface area contributed by atoms with E-state index in [0.29, 0.717) is 5.70 Å². The summed E-state index contributed by atoms with van der Waals surface area (Å²) in [5, 5.41) is 0. The quantitative estimate of drug-likeness (QED) is 0.535. The van der Waals surface area contributed by atoms with E-state index in [0.717, 1.165) is 6.42 Å². The van der Waals surface area contributed by atoms with Gasteiger partial charge in [-0.1, -0.05) is 12.2 Å². The number of aliphatic imine (C=N–C) groups is 1. The fourth-order valence-corrected chi connectivity index (χ4v) is 0.701. The zero-order chi connectivity index (χ0) is 7.40. The van der Waals surface area contributed by atoms with Gasteiger partial charge in [-0.05, 0) is 6.08 Å². The molecule has 0 aliphatic carbocycles. The van der Waals surface area contributed by atoms with Gasteiger partial charge in [0.05, 0.1) is 0 Å². The van der Waals surface area contributed by atoms with Crippen LogP contribution in [0.5, 0.6) is 0 Å². The van der Waals surface area contributed by atoms with E-state index in [-0.39, 0.29) is 5.78 Å². The summed E-state index contributed by atoms with van der Waals surface area (Å²) in [6.45, 7) is 1.52. The molecule has 10 heavy (non-hydrogen) atoms. The Hall–Kier alpha value is -1.18. The van der Waals surface area contributed by atoms with Crippen LogP contribution in [0.1, 0.15) is 13.3 Å². The van der Waals surface area contributed by atoms with Gasteiger partial charge in [0.1, 0.15) is 5.70 Å². The van der Waals surface area contributed by atoms with Crippen molar-refractivity contribution in [3.05, 3.63) is 23.9 Å². The number of rotatable bonds is 1. The molecule has 0 amide bonds. The maximum absolute atomic E-state index is 10.7. The SMILES string of the molecule is CC(=O)C1=CC=CCC=N1. The molecule has 0 atom stereocenters. The van der Waals surface area contributed by atoms with Crippen LogP contribution in [0.4, 0.5) is 0 Å². The van der Waals surface area contributed by atoms with Crippen LogP contribution < -0.4 is 0 Å². The van der Waals surface area contributed by atoms with Crippen molar-refractivity contribution in [3.63, 3.8) is 0 Å². The lowest BCUT2D eigenvalue weighted by Gasteiger charge is -1.89. The van der Waals surface area contributed by atoms with Gasteiger partial charge in [0, 0.05) is 19.6 Å². The predicted molar refractivity (Wildman–Crippen MR) is 41.0 cm³/mol. The molecule has 0 aromatic carbocycles. The fraction of sp³-hybridized carbons (Fsp3) is 0.250. The highest BCUT2D eigenvalue weighted by atomic mass is 16.1. The van der Waals surface area contributed by atoms with Gasteiger partial charge >= 0.3 is 0 Å². The van der Waals surface area contributed by atoms with E-state index in [4.69, 9.17) is 0 Å². The molecule has 1 heterocycles. The molecule has 52 valence electrons. The van der Waals surface area contributed by atoms with Gasteiger partial charge in [-0.15, -0.1) is 0 Å². The van der Waals surface area contributed by atoms with Crippen LogP contribution in [0, 0.1) is 0 Å². The van der Waals surface area contributed by atoms with E-state index >= 15 is 0 Å². The number of allylic oxidation sites excluding steroid dienone is 4. The molecule has 2 heteroatoms. The number of ketones is 1. The maximum atomic E-state index is 10.7. The van der Waals surface area contributed by atoms with Crippen molar-refractivity contribution in [1.29, 1.82) is 0 Å². The minimum Gasteiger partial charge on any atom is -0.293 e. The van der Waals surface area contributed by atoms with Gasteiger partial charge in [-0.3, -0.25) is 9.79 Å². The smallest absolute Gasteiger partial charge is 0.178 e. The topological polar surface area (TPSA) is 29.4 Å². The first-order valence-corrected chi connectivity index (χ1v) is 3.21. The highest BCUT2D eigenvalue weighted by molar-refractivity contribution is 5.94. The zero-order valence-electron chi connectivity index (χ0n) is 5.87. The normalized spacial score (nSPS) is 16.3. The van der Waals surface area contributed by atoms with E-state index in [9.17, 15) is 4.79 Å². The van der Waals surface area contributed by atoms with Gasteiger partial charge in [0.25, 0.3) is 0 Å². The van der Waals surface area contributed by atoms with Gasteiger partial charge < -0.3 is 0 Å². The highest BCUT2D eigenvalue weighted by Crippen LogP contribution is 2.01. The Bertz CT molecular complexity index is 223. The van der Waals surface area contributed by atoms with E-state index < -0.39 is 0 Å². The van der Waals surface area contributed by atoms with E-state index in [2.05, 4.69) is 4.99 Å². The summed E-state index contributed by atoms with van der Waals surface area (Å²) in [6.07, 6.45) is 8.08. The average molecular weight is 135 g/mol. The van der Waals surface area contributed by atoms with Crippen LogP contribution in [-0.4, -0.2) is 12.0 Å². The summed E-state index contributed by atoms with van der Waals surface area (Å²) >= 11 is 0. The Balaban J connectivity index is 2.83. The third kappa shape index (κ3) is 1.65. The van der Waals surface area contributed by atoms with E-state index in [1.165, 1.54) is 6.92 Å². The van der Waals surface area contributed by atoms with Gasteiger partial charge in [-0.25, -0.2) is 0 Å². The molecule has 0 saturated heterocycles. The lowest BCUT2D eigenvalue weighted by molar-refractivity contribution is -0.113. The molecule has 0 bridgehead atoms. The predicted octanol–water partition coefficient (Wildman–Crippen LogP) is 1.49. The molecule has 0 radical (unpaired) electrons. The summed E-state index contributed by atoms with van der Waals surface area (Å²) < 4.78 is 0. The molecular weight excluding hydrogens is 126 g/mol. The van der Waals surface area contributed by atoms with E-state index in [1.807, 2.05) is 12.2 Å². The van der Waals surface area contributed by atoms with E-state index in [1.54, 1.807) is 12.3 Å². The second-order valence-corrected chi connectivity index (χ2v) is 2.08. The Morgan fingerprint density at radius 2 is 2.50 bits per heavy atom. The van der Waals surface area contributed by atoms with Crippen molar-refractivity contribution < 1.29 is 4.79 Å². The molecule has 1 aliphatic heterocycles. The molecule has 0 aromatic rings. The molecule has 0 saturated carbocycles. The van der Waals surface area contributed by atoms with Crippen molar-refractivity contribution in [2.75, 3.05) is 0 Å². The second-order valence-electron chi connectivity index (χ2n) is 2.08. The Morgan fingerprint density at radius 1 is 1.70 bits per heavy atom. The van der Waals surface area contributed by atoms with Crippen molar-refractivity contribution in [3.8, 4) is 0 Å². The molecule has 0 aromatic heterocycles. The zero-order valence-corrected chi connectivity index (χ0v) is 5.87. The largest absolute Gasteiger partial charge is 0.293 e. The number of Topliss-reactive ketones (excluding diaryl/α,β-unsaturated/α-hetero) is 1. The summed E-state index contributed by atoms with van der Waals surface area (Å²) in [4.78, 5) is 14.7. The third-order valence-electron chi connectivity index (χ3n) is 1.22. The number of hydrogen-bond donors (Lipinski definition) is 0. The Morgan fingerprint density at radius 3 is 3.20 bits per heavy atom.